The Balaban J connectivity index is 4.05. The average molecular weight is 227 g/mol. The van der Waals surface area contributed by atoms with Gasteiger partial charge >= 0.3 is 0 Å². The van der Waals surface area contributed by atoms with Gasteiger partial charge in [-0.1, -0.05) is 34.6 Å². The molecule has 94 valence electrons. The molecule has 0 aliphatic carbocycles. The SMILES string of the molecule is CC(C)CC(=O)CN(C)CC(=O)C(C)(C)C. The van der Waals surface area contributed by atoms with Crippen molar-refractivity contribution in [2.45, 2.75) is 41.0 Å². The molecule has 0 aliphatic rings. The van der Waals surface area contributed by atoms with Crippen molar-refractivity contribution < 1.29 is 9.59 Å². The summed E-state index contributed by atoms with van der Waals surface area (Å²) >= 11 is 0. The number of hydrogen-bond donors (Lipinski definition) is 0. The van der Waals surface area contributed by atoms with Gasteiger partial charge < -0.3 is 0 Å². The Morgan fingerprint density at radius 2 is 1.62 bits per heavy atom. The first-order valence-electron chi connectivity index (χ1n) is 5.86. The molecule has 0 aliphatic heterocycles. The molecule has 0 radical (unpaired) electrons. The Bertz CT molecular complexity index is 251. The summed E-state index contributed by atoms with van der Waals surface area (Å²) in [5.41, 5.74) is -0.324. The molecule has 0 saturated heterocycles. The third-order valence-electron chi connectivity index (χ3n) is 2.33. The van der Waals surface area contributed by atoms with Crippen LogP contribution in [-0.4, -0.2) is 36.6 Å². The molecule has 0 saturated carbocycles. The van der Waals surface area contributed by atoms with Gasteiger partial charge in [0, 0.05) is 11.8 Å². The Morgan fingerprint density at radius 1 is 1.12 bits per heavy atom. The molecule has 0 aromatic heterocycles. The number of likely N-dealkylation sites (N-methyl/N-ethyl adjacent to an activating group) is 1. The van der Waals surface area contributed by atoms with Crippen molar-refractivity contribution in [2.75, 3.05) is 20.1 Å². The van der Waals surface area contributed by atoms with Crippen LogP contribution < -0.4 is 0 Å². The first-order valence-corrected chi connectivity index (χ1v) is 5.86. The maximum atomic E-state index is 11.7. The third-order valence-corrected chi connectivity index (χ3v) is 2.33. The topological polar surface area (TPSA) is 37.4 Å². The van der Waals surface area contributed by atoms with E-state index >= 15 is 0 Å². The number of ketones is 2. The lowest BCUT2D eigenvalue weighted by Crippen LogP contribution is -2.36. The predicted molar refractivity (Wildman–Crippen MR) is 66.4 cm³/mol. The maximum absolute atomic E-state index is 11.7. The third kappa shape index (κ3) is 6.72. The summed E-state index contributed by atoms with van der Waals surface area (Å²) in [6, 6.07) is 0. The fourth-order valence-corrected chi connectivity index (χ4v) is 1.36. The second-order valence-electron chi connectivity index (χ2n) is 5.98. The fraction of sp³-hybridized carbons (Fsp3) is 0.846. The van der Waals surface area contributed by atoms with Gasteiger partial charge in [-0.25, -0.2) is 0 Å². The van der Waals surface area contributed by atoms with Crippen molar-refractivity contribution in [3.63, 3.8) is 0 Å². The summed E-state index contributed by atoms with van der Waals surface area (Å²) in [5, 5.41) is 0. The minimum Gasteiger partial charge on any atom is -0.298 e. The quantitative estimate of drug-likeness (QED) is 0.697. The summed E-state index contributed by atoms with van der Waals surface area (Å²) in [6.45, 7) is 10.5. The van der Waals surface area contributed by atoms with Crippen molar-refractivity contribution in [3.8, 4) is 0 Å². The van der Waals surface area contributed by atoms with Crippen molar-refractivity contribution in [3.05, 3.63) is 0 Å². The standard InChI is InChI=1S/C13H25NO2/c1-10(2)7-11(15)8-14(6)9-12(16)13(3,4)5/h10H,7-9H2,1-6H3. The van der Waals surface area contributed by atoms with E-state index in [0.29, 0.717) is 25.4 Å². The van der Waals surface area contributed by atoms with E-state index < -0.39 is 0 Å². The molecule has 3 nitrogen and oxygen atoms in total. The van der Waals surface area contributed by atoms with Crippen molar-refractivity contribution in [2.24, 2.45) is 11.3 Å². The zero-order valence-corrected chi connectivity index (χ0v) is 11.5. The molecule has 3 heteroatoms. The Labute approximate surface area is 99.2 Å². The van der Waals surface area contributed by atoms with Crippen molar-refractivity contribution >= 4 is 11.6 Å². The second kappa shape index (κ2) is 6.14. The molecule has 0 N–H and O–H groups in total. The zero-order valence-electron chi connectivity index (χ0n) is 11.5. The Hall–Kier alpha value is -0.700. The predicted octanol–water partition coefficient (Wildman–Crippen LogP) is 2.15. The molecule has 0 heterocycles. The highest BCUT2D eigenvalue weighted by Crippen LogP contribution is 2.14. The lowest BCUT2D eigenvalue weighted by Gasteiger charge is -2.22. The van der Waals surface area contributed by atoms with Crippen molar-refractivity contribution in [1.29, 1.82) is 0 Å². The minimum absolute atomic E-state index is 0.173. The van der Waals surface area contributed by atoms with Gasteiger partial charge in [0.15, 0.2) is 5.78 Å². The molecule has 0 aromatic rings. The average Bonchev–Trinajstić information content (AvgIpc) is 1.98. The Kier molecular flexibility index (Phi) is 5.87. The molecule has 0 amide bonds. The molecular formula is C13H25NO2. The van der Waals surface area contributed by atoms with E-state index in [1.165, 1.54) is 0 Å². The zero-order chi connectivity index (χ0) is 12.9. The summed E-state index contributed by atoms with van der Waals surface area (Å²) in [7, 11) is 1.82. The Morgan fingerprint density at radius 3 is 2.00 bits per heavy atom. The van der Waals surface area contributed by atoms with E-state index in [2.05, 4.69) is 0 Å². The summed E-state index contributed by atoms with van der Waals surface area (Å²) < 4.78 is 0. The van der Waals surface area contributed by atoms with Gasteiger partial charge in [-0.05, 0) is 13.0 Å². The highest BCUT2D eigenvalue weighted by molar-refractivity contribution is 5.86. The lowest BCUT2D eigenvalue weighted by atomic mass is 9.90. The molecule has 0 fully saturated rings. The van der Waals surface area contributed by atoms with E-state index in [-0.39, 0.29) is 17.0 Å². The smallest absolute Gasteiger partial charge is 0.152 e. The lowest BCUT2D eigenvalue weighted by molar-refractivity contribution is -0.128. The van der Waals surface area contributed by atoms with Crippen LogP contribution >= 0.6 is 0 Å². The molecule has 0 spiro atoms. The van der Waals surface area contributed by atoms with Gasteiger partial charge in [0.2, 0.25) is 0 Å². The van der Waals surface area contributed by atoms with Crippen LogP contribution in [0.25, 0.3) is 0 Å². The van der Waals surface area contributed by atoms with E-state index in [1.54, 1.807) is 4.90 Å². The van der Waals surface area contributed by atoms with Crippen LogP contribution in [0, 0.1) is 11.3 Å². The van der Waals surface area contributed by atoms with Gasteiger partial charge in [-0.2, -0.15) is 0 Å². The minimum atomic E-state index is -0.324. The fourth-order valence-electron chi connectivity index (χ4n) is 1.36. The van der Waals surface area contributed by atoms with Gasteiger partial charge in [0.25, 0.3) is 0 Å². The summed E-state index contributed by atoms with van der Waals surface area (Å²) in [6.07, 6.45) is 0.591. The largest absolute Gasteiger partial charge is 0.298 e. The highest BCUT2D eigenvalue weighted by Gasteiger charge is 2.22. The number of rotatable bonds is 6. The van der Waals surface area contributed by atoms with E-state index in [0.717, 1.165) is 0 Å². The van der Waals surface area contributed by atoms with Gasteiger partial charge in [0.1, 0.15) is 5.78 Å². The van der Waals surface area contributed by atoms with E-state index in [9.17, 15) is 9.59 Å². The summed E-state index contributed by atoms with van der Waals surface area (Å²) in [4.78, 5) is 25.1. The molecule has 0 unspecified atom stereocenters. The van der Waals surface area contributed by atoms with Crippen LogP contribution in [0.15, 0.2) is 0 Å². The van der Waals surface area contributed by atoms with Crippen LogP contribution in [-0.2, 0) is 9.59 Å². The van der Waals surface area contributed by atoms with Gasteiger partial charge in [-0.15, -0.1) is 0 Å². The van der Waals surface area contributed by atoms with Crippen LogP contribution in [0.3, 0.4) is 0 Å². The molecule has 0 bridgehead atoms. The highest BCUT2D eigenvalue weighted by atomic mass is 16.1. The van der Waals surface area contributed by atoms with Crippen LogP contribution in [0.4, 0.5) is 0 Å². The van der Waals surface area contributed by atoms with Crippen LogP contribution in [0.5, 0.6) is 0 Å². The normalized spacial score (nSPS) is 12.2. The monoisotopic (exact) mass is 227 g/mol. The molecule has 0 atom stereocenters. The first-order chi connectivity index (χ1) is 7.12. The van der Waals surface area contributed by atoms with Crippen molar-refractivity contribution in [1.82, 2.24) is 4.90 Å². The first kappa shape index (κ1) is 15.3. The summed E-state index contributed by atoms with van der Waals surface area (Å²) in [5.74, 6) is 0.769. The number of carbonyl (C=O) groups excluding carboxylic acids is 2. The number of Topliss-reactive ketones (excluding diaryl/α,β-unsaturated/α-hetero) is 2. The number of carbonyl (C=O) groups is 2. The van der Waals surface area contributed by atoms with Crippen LogP contribution in [0.1, 0.15) is 41.0 Å². The second-order valence-corrected chi connectivity index (χ2v) is 5.98. The van der Waals surface area contributed by atoms with E-state index in [4.69, 9.17) is 0 Å². The van der Waals surface area contributed by atoms with E-state index in [1.807, 2.05) is 41.7 Å². The molecule has 0 rings (SSSR count). The number of hydrogen-bond acceptors (Lipinski definition) is 3. The maximum Gasteiger partial charge on any atom is 0.152 e. The number of nitrogens with zero attached hydrogens (tertiary/aromatic N) is 1. The molecule has 16 heavy (non-hydrogen) atoms. The molecular weight excluding hydrogens is 202 g/mol. The molecule has 0 aromatic carbocycles. The van der Waals surface area contributed by atoms with Gasteiger partial charge in [0.05, 0.1) is 13.1 Å². The van der Waals surface area contributed by atoms with Crippen LogP contribution in [0.2, 0.25) is 0 Å². The van der Waals surface area contributed by atoms with Gasteiger partial charge in [-0.3, -0.25) is 14.5 Å².